The van der Waals surface area contributed by atoms with Crippen LogP contribution in [0.2, 0.25) is 5.28 Å². The molecule has 0 atom stereocenters. The van der Waals surface area contributed by atoms with E-state index in [1.165, 1.54) is 0 Å². The van der Waals surface area contributed by atoms with E-state index in [-0.39, 0.29) is 16.8 Å². The number of nitrogens with one attached hydrogen (secondary N) is 1. The summed E-state index contributed by atoms with van der Waals surface area (Å²) in [5, 5.41) is 13.7. The van der Waals surface area contributed by atoms with Crippen molar-refractivity contribution in [2.75, 3.05) is 5.32 Å². The van der Waals surface area contributed by atoms with E-state index in [9.17, 15) is 10.1 Å². The first-order valence-corrected chi connectivity index (χ1v) is 5.90. The van der Waals surface area contributed by atoms with E-state index in [0.29, 0.717) is 6.54 Å². The van der Waals surface area contributed by atoms with Crippen LogP contribution in [0, 0.1) is 17.0 Å². The van der Waals surface area contributed by atoms with Gasteiger partial charge >= 0.3 is 5.69 Å². The van der Waals surface area contributed by atoms with Crippen molar-refractivity contribution in [1.29, 1.82) is 0 Å². The number of nitrogens with zero attached hydrogens (tertiary/aromatic N) is 3. The maximum absolute atomic E-state index is 10.8. The quantitative estimate of drug-likeness (QED) is 0.528. The summed E-state index contributed by atoms with van der Waals surface area (Å²) in [5.74, 6) is 0.117. The summed E-state index contributed by atoms with van der Waals surface area (Å²) < 4.78 is 0. The van der Waals surface area contributed by atoms with E-state index in [0.717, 1.165) is 17.3 Å². The van der Waals surface area contributed by atoms with Gasteiger partial charge in [0.25, 0.3) is 0 Å². The van der Waals surface area contributed by atoms with Gasteiger partial charge in [0.1, 0.15) is 6.20 Å². The largest absolute Gasteiger partial charge is 0.360 e. The zero-order chi connectivity index (χ0) is 13.8. The molecule has 0 saturated heterocycles. The molecule has 98 valence electrons. The van der Waals surface area contributed by atoms with Crippen LogP contribution in [0.1, 0.15) is 11.1 Å². The van der Waals surface area contributed by atoms with Crippen LogP contribution in [0.5, 0.6) is 0 Å². The number of hydrogen-bond donors (Lipinski definition) is 1. The fourth-order valence-electron chi connectivity index (χ4n) is 1.63. The molecule has 19 heavy (non-hydrogen) atoms. The Bertz CT molecular complexity index is 618. The third-order valence-corrected chi connectivity index (χ3v) is 2.66. The summed E-state index contributed by atoms with van der Waals surface area (Å²) in [6.07, 6.45) is 1.09. The molecule has 0 aliphatic heterocycles. The Morgan fingerprint density at radius 2 is 2.26 bits per heavy atom. The van der Waals surface area contributed by atoms with Gasteiger partial charge in [-0.25, -0.2) is 4.98 Å². The number of rotatable bonds is 4. The normalized spacial score (nSPS) is 10.2. The molecule has 0 aliphatic carbocycles. The molecule has 0 amide bonds. The van der Waals surface area contributed by atoms with Crippen LogP contribution in [0.25, 0.3) is 0 Å². The molecule has 2 aromatic rings. The summed E-state index contributed by atoms with van der Waals surface area (Å²) in [7, 11) is 0. The van der Waals surface area contributed by atoms with Gasteiger partial charge in [0, 0.05) is 6.54 Å². The van der Waals surface area contributed by atoms with Crippen molar-refractivity contribution >= 4 is 23.1 Å². The van der Waals surface area contributed by atoms with Crippen molar-refractivity contribution in [3.05, 3.63) is 57.0 Å². The van der Waals surface area contributed by atoms with Crippen LogP contribution in [-0.2, 0) is 6.54 Å². The van der Waals surface area contributed by atoms with Crippen LogP contribution in [0.4, 0.5) is 11.5 Å². The number of benzene rings is 1. The second kappa shape index (κ2) is 5.62. The zero-order valence-corrected chi connectivity index (χ0v) is 10.9. The molecule has 0 aliphatic rings. The highest BCUT2D eigenvalue weighted by atomic mass is 35.5. The molecule has 1 N–H and O–H groups in total. The van der Waals surface area contributed by atoms with E-state index in [2.05, 4.69) is 15.3 Å². The van der Waals surface area contributed by atoms with Crippen molar-refractivity contribution < 1.29 is 4.92 Å². The zero-order valence-electron chi connectivity index (χ0n) is 10.1. The lowest BCUT2D eigenvalue weighted by molar-refractivity contribution is -0.384. The first-order chi connectivity index (χ1) is 9.06. The molecule has 1 heterocycles. The highest BCUT2D eigenvalue weighted by Gasteiger charge is 2.16. The summed E-state index contributed by atoms with van der Waals surface area (Å²) in [4.78, 5) is 17.7. The summed E-state index contributed by atoms with van der Waals surface area (Å²) in [6.45, 7) is 2.41. The summed E-state index contributed by atoms with van der Waals surface area (Å²) in [5.41, 5.74) is 1.93. The molecule has 0 radical (unpaired) electrons. The lowest BCUT2D eigenvalue weighted by atomic mass is 10.1. The number of halogens is 1. The van der Waals surface area contributed by atoms with Gasteiger partial charge in [-0.15, -0.1) is 0 Å². The predicted octanol–water partition coefficient (Wildman–Crippen LogP) is 2.96. The third kappa shape index (κ3) is 3.38. The minimum absolute atomic E-state index is 0.0302. The Balaban J connectivity index is 2.19. The SMILES string of the molecule is Cc1cccc(CNc2nc(Cl)ncc2[N+](=O)[O-])c1. The van der Waals surface area contributed by atoms with Crippen molar-refractivity contribution in [1.82, 2.24) is 9.97 Å². The highest BCUT2D eigenvalue weighted by molar-refractivity contribution is 6.28. The number of hydrogen-bond acceptors (Lipinski definition) is 5. The van der Waals surface area contributed by atoms with Gasteiger partial charge in [0.05, 0.1) is 4.92 Å². The molecule has 0 bridgehead atoms. The molecular weight excluding hydrogens is 268 g/mol. The van der Waals surface area contributed by atoms with Crippen molar-refractivity contribution in [3.8, 4) is 0 Å². The first kappa shape index (κ1) is 13.2. The minimum atomic E-state index is -0.547. The highest BCUT2D eigenvalue weighted by Crippen LogP contribution is 2.22. The maximum Gasteiger partial charge on any atom is 0.329 e. The number of anilines is 1. The van der Waals surface area contributed by atoms with Crippen LogP contribution >= 0.6 is 11.6 Å². The standard InChI is InChI=1S/C12H11ClN4O2/c1-8-3-2-4-9(5-8)6-14-11-10(17(18)19)7-15-12(13)16-11/h2-5,7H,6H2,1H3,(H,14,15,16). The average Bonchev–Trinajstić information content (AvgIpc) is 2.36. The lowest BCUT2D eigenvalue weighted by Crippen LogP contribution is -2.05. The Hall–Kier alpha value is -2.21. The number of nitro groups is 1. The number of aryl methyl sites for hydroxylation is 1. The smallest absolute Gasteiger partial charge is 0.329 e. The van der Waals surface area contributed by atoms with Crippen LogP contribution in [0.15, 0.2) is 30.5 Å². The van der Waals surface area contributed by atoms with Gasteiger partial charge in [-0.2, -0.15) is 4.98 Å². The fourth-order valence-corrected chi connectivity index (χ4v) is 1.76. The number of aromatic nitrogens is 2. The molecule has 2 rings (SSSR count). The second-order valence-electron chi connectivity index (χ2n) is 3.97. The molecule has 7 heteroatoms. The summed E-state index contributed by atoms with van der Waals surface area (Å²) >= 11 is 5.64. The molecule has 0 fully saturated rings. The van der Waals surface area contributed by atoms with Crippen molar-refractivity contribution in [2.45, 2.75) is 13.5 Å². The second-order valence-corrected chi connectivity index (χ2v) is 4.31. The van der Waals surface area contributed by atoms with Gasteiger partial charge in [-0.1, -0.05) is 29.8 Å². The predicted molar refractivity (Wildman–Crippen MR) is 72.2 cm³/mol. The van der Waals surface area contributed by atoms with Gasteiger partial charge in [0.15, 0.2) is 0 Å². The van der Waals surface area contributed by atoms with Crippen LogP contribution < -0.4 is 5.32 Å². The van der Waals surface area contributed by atoms with Crippen LogP contribution in [-0.4, -0.2) is 14.9 Å². The molecule has 0 spiro atoms. The Labute approximate surface area is 114 Å². The fraction of sp³-hybridized carbons (Fsp3) is 0.167. The Morgan fingerprint density at radius 1 is 1.47 bits per heavy atom. The molecule has 1 aromatic heterocycles. The van der Waals surface area contributed by atoms with Crippen molar-refractivity contribution in [3.63, 3.8) is 0 Å². The molecule has 0 saturated carbocycles. The maximum atomic E-state index is 10.8. The third-order valence-electron chi connectivity index (χ3n) is 2.48. The van der Waals surface area contributed by atoms with Crippen LogP contribution in [0.3, 0.4) is 0 Å². The molecule has 1 aromatic carbocycles. The first-order valence-electron chi connectivity index (χ1n) is 5.52. The Morgan fingerprint density at radius 3 is 2.95 bits per heavy atom. The van der Waals surface area contributed by atoms with Crippen molar-refractivity contribution in [2.24, 2.45) is 0 Å². The topological polar surface area (TPSA) is 81.0 Å². The monoisotopic (exact) mass is 278 g/mol. The van der Waals surface area contributed by atoms with E-state index in [1.807, 2.05) is 31.2 Å². The minimum Gasteiger partial charge on any atom is -0.360 e. The average molecular weight is 279 g/mol. The Kier molecular flexibility index (Phi) is 3.91. The van der Waals surface area contributed by atoms with E-state index < -0.39 is 4.92 Å². The van der Waals surface area contributed by atoms with Gasteiger partial charge in [0.2, 0.25) is 11.1 Å². The van der Waals surface area contributed by atoms with E-state index in [1.54, 1.807) is 0 Å². The van der Waals surface area contributed by atoms with Gasteiger partial charge in [-0.3, -0.25) is 10.1 Å². The summed E-state index contributed by atoms with van der Waals surface area (Å²) in [6, 6.07) is 7.82. The lowest BCUT2D eigenvalue weighted by Gasteiger charge is -2.06. The van der Waals surface area contributed by atoms with E-state index >= 15 is 0 Å². The van der Waals surface area contributed by atoms with E-state index in [4.69, 9.17) is 11.6 Å². The van der Waals surface area contributed by atoms with Gasteiger partial charge < -0.3 is 5.32 Å². The molecule has 0 unspecified atom stereocenters. The molecular formula is C12H11ClN4O2. The van der Waals surface area contributed by atoms with Gasteiger partial charge in [-0.05, 0) is 24.1 Å². The molecule has 6 nitrogen and oxygen atoms in total.